The van der Waals surface area contributed by atoms with Gasteiger partial charge in [0.15, 0.2) is 0 Å². The van der Waals surface area contributed by atoms with Crippen molar-refractivity contribution in [2.45, 2.75) is 11.8 Å². The number of rotatable bonds is 2. The first-order valence-electron chi connectivity index (χ1n) is 6.79. The minimum atomic E-state index is -3.80. The van der Waals surface area contributed by atoms with E-state index in [1.807, 2.05) is 19.1 Å². The molecule has 0 unspecified atom stereocenters. The largest absolute Gasteiger partial charge is 0.489 e. The van der Waals surface area contributed by atoms with Crippen LogP contribution in [0.5, 0.6) is 5.75 Å². The Morgan fingerprint density at radius 1 is 1.23 bits per heavy atom. The molecule has 0 atom stereocenters. The first-order chi connectivity index (χ1) is 10.5. The van der Waals surface area contributed by atoms with Crippen molar-refractivity contribution >= 4 is 15.7 Å². The highest BCUT2D eigenvalue weighted by atomic mass is 32.2. The lowest BCUT2D eigenvalue weighted by Crippen LogP contribution is -2.38. The number of ether oxygens (including phenoxy) is 1. The van der Waals surface area contributed by atoms with Gasteiger partial charge in [-0.05, 0) is 36.8 Å². The molecule has 0 aliphatic carbocycles. The van der Waals surface area contributed by atoms with Gasteiger partial charge in [0.25, 0.3) is 10.0 Å². The molecule has 2 aromatic rings. The van der Waals surface area contributed by atoms with E-state index in [2.05, 4.69) is 0 Å². The fraction of sp³-hybridized carbons (Fsp3) is 0.188. The highest BCUT2D eigenvalue weighted by Gasteiger charge is 2.31. The predicted molar refractivity (Wildman–Crippen MR) is 82.4 cm³/mol. The van der Waals surface area contributed by atoms with Crippen LogP contribution in [0.15, 0.2) is 47.4 Å². The van der Waals surface area contributed by atoms with Crippen LogP contribution in [-0.2, 0) is 10.0 Å². The Morgan fingerprint density at radius 2 is 2.00 bits per heavy atom. The molecule has 22 heavy (non-hydrogen) atoms. The summed E-state index contributed by atoms with van der Waals surface area (Å²) < 4.78 is 32.8. The van der Waals surface area contributed by atoms with Gasteiger partial charge in [-0.3, -0.25) is 4.31 Å². The van der Waals surface area contributed by atoms with Crippen molar-refractivity contribution in [3.63, 3.8) is 0 Å². The molecule has 0 amide bonds. The van der Waals surface area contributed by atoms with Crippen LogP contribution in [0.1, 0.15) is 11.1 Å². The van der Waals surface area contributed by atoms with Crippen LogP contribution in [-0.4, -0.2) is 21.6 Å². The maximum absolute atomic E-state index is 13.0. The average Bonchev–Trinajstić information content (AvgIpc) is 2.54. The van der Waals surface area contributed by atoms with Gasteiger partial charge in [-0.15, -0.1) is 0 Å². The molecule has 1 aliphatic rings. The molecule has 0 saturated heterocycles. The Kier molecular flexibility index (Phi) is 3.51. The molecule has 0 fully saturated rings. The molecule has 0 aromatic heterocycles. The second kappa shape index (κ2) is 5.35. The van der Waals surface area contributed by atoms with Crippen molar-refractivity contribution in [3.05, 3.63) is 53.6 Å². The summed E-state index contributed by atoms with van der Waals surface area (Å²) in [6.07, 6.45) is 0. The highest BCUT2D eigenvalue weighted by Crippen LogP contribution is 2.36. The third-order valence-corrected chi connectivity index (χ3v) is 5.38. The molecule has 1 heterocycles. The van der Waals surface area contributed by atoms with Gasteiger partial charge in [-0.25, -0.2) is 8.42 Å². The number of aryl methyl sites for hydroxylation is 1. The van der Waals surface area contributed by atoms with Gasteiger partial charge in [0.05, 0.1) is 17.8 Å². The topological polar surface area (TPSA) is 70.4 Å². The van der Waals surface area contributed by atoms with E-state index in [4.69, 9.17) is 10.00 Å². The molecular formula is C16H14N2O3S. The third-order valence-electron chi connectivity index (χ3n) is 3.51. The number of nitrogens with zero attached hydrogens (tertiary/aromatic N) is 2. The van der Waals surface area contributed by atoms with E-state index in [1.165, 1.54) is 16.4 Å². The first-order valence-corrected chi connectivity index (χ1v) is 8.23. The van der Waals surface area contributed by atoms with Gasteiger partial charge in [-0.1, -0.05) is 18.2 Å². The minimum absolute atomic E-state index is 0.0202. The molecular weight excluding hydrogens is 300 g/mol. The van der Waals surface area contributed by atoms with Crippen LogP contribution in [0.25, 0.3) is 0 Å². The highest BCUT2D eigenvalue weighted by molar-refractivity contribution is 7.93. The predicted octanol–water partition coefficient (Wildman–Crippen LogP) is 2.45. The zero-order valence-electron chi connectivity index (χ0n) is 12.0. The van der Waals surface area contributed by atoms with Gasteiger partial charge < -0.3 is 4.74 Å². The van der Waals surface area contributed by atoms with E-state index in [0.29, 0.717) is 11.4 Å². The van der Waals surface area contributed by atoms with E-state index >= 15 is 0 Å². The summed E-state index contributed by atoms with van der Waals surface area (Å²) >= 11 is 0. The van der Waals surface area contributed by atoms with E-state index in [9.17, 15) is 8.42 Å². The maximum atomic E-state index is 13.0. The third kappa shape index (κ3) is 2.30. The van der Waals surface area contributed by atoms with Crippen LogP contribution >= 0.6 is 0 Å². The van der Waals surface area contributed by atoms with Crippen molar-refractivity contribution in [2.24, 2.45) is 0 Å². The lowest BCUT2D eigenvalue weighted by Gasteiger charge is -2.30. The van der Waals surface area contributed by atoms with E-state index in [0.717, 1.165) is 5.56 Å². The van der Waals surface area contributed by atoms with Crippen LogP contribution in [0.4, 0.5) is 5.69 Å². The van der Waals surface area contributed by atoms with Gasteiger partial charge in [-0.2, -0.15) is 5.26 Å². The fourth-order valence-electron chi connectivity index (χ4n) is 2.46. The molecule has 0 saturated carbocycles. The van der Waals surface area contributed by atoms with Crippen molar-refractivity contribution in [2.75, 3.05) is 17.5 Å². The monoisotopic (exact) mass is 314 g/mol. The molecule has 0 N–H and O–H groups in total. The van der Waals surface area contributed by atoms with Gasteiger partial charge in [0, 0.05) is 0 Å². The van der Waals surface area contributed by atoms with Crippen LogP contribution in [0.2, 0.25) is 0 Å². The fourth-order valence-corrected chi connectivity index (χ4v) is 4.05. The zero-order chi connectivity index (χ0) is 15.7. The smallest absolute Gasteiger partial charge is 0.265 e. The summed E-state index contributed by atoms with van der Waals surface area (Å²) in [5.74, 6) is 0.537. The van der Waals surface area contributed by atoms with Crippen LogP contribution in [0.3, 0.4) is 0 Å². The lowest BCUT2D eigenvalue weighted by molar-refractivity contribution is 0.315. The molecule has 0 bridgehead atoms. The van der Waals surface area contributed by atoms with E-state index in [1.54, 1.807) is 24.3 Å². The van der Waals surface area contributed by atoms with Gasteiger partial charge >= 0.3 is 0 Å². The Hall–Kier alpha value is -2.52. The molecule has 1 aliphatic heterocycles. The van der Waals surface area contributed by atoms with E-state index in [-0.39, 0.29) is 23.6 Å². The normalized spacial score (nSPS) is 13.9. The van der Waals surface area contributed by atoms with Crippen molar-refractivity contribution < 1.29 is 13.2 Å². The number of sulfonamides is 1. The van der Waals surface area contributed by atoms with E-state index < -0.39 is 10.0 Å². The second-order valence-corrected chi connectivity index (χ2v) is 6.84. The molecule has 0 radical (unpaired) electrons. The summed E-state index contributed by atoms with van der Waals surface area (Å²) in [6, 6.07) is 13.6. The SMILES string of the molecule is Cc1ccc2c(c1)N(S(=O)(=O)c1ccccc1C#N)CCO2. The average molecular weight is 314 g/mol. The molecule has 3 rings (SSSR count). The molecule has 5 nitrogen and oxygen atoms in total. The maximum Gasteiger partial charge on any atom is 0.265 e. The second-order valence-electron chi connectivity index (χ2n) is 5.00. The summed E-state index contributed by atoms with van der Waals surface area (Å²) in [7, 11) is -3.80. The summed E-state index contributed by atoms with van der Waals surface area (Å²) in [5, 5.41) is 9.16. The van der Waals surface area contributed by atoms with Crippen LogP contribution < -0.4 is 9.04 Å². The Bertz CT molecular complexity index is 869. The quantitative estimate of drug-likeness (QED) is 0.853. The Labute approximate surface area is 129 Å². The summed E-state index contributed by atoms with van der Waals surface area (Å²) in [6.45, 7) is 2.39. The minimum Gasteiger partial charge on any atom is -0.489 e. The van der Waals surface area contributed by atoms with Gasteiger partial charge in [0.2, 0.25) is 0 Å². The number of nitriles is 1. The van der Waals surface area contributed by atoms with Crippen molar-refractivity contribution in [1.82, 2.24) is 0 Å². The number of benzene rings is 2. The van der Waals surface area contributed by atoms with Gasteiger partial charge in [0.1, 0.15) is 23.3 Å². The Morgan fingerprint density at radius 3 is 2.77 bits per heavy atom. The zero-order valence-corrected chi connectivity index (χ0v) is 12.8. The number of hydrogen-bond acceptors (Lipinski definition) is 4. The van der Waals surface area contributed by atoms with Crippen molar-refractivity contribution in [3.8, 4) is 11.8 Å². The summed E-state index contributed by atoms with van der Waals surface area (Å²) in [5.41, 5.74) is 1.60. The lowest BCUT2D eigenvalue weighted by atomic mass is 10.2. The number of anilines is 1. The summed E-state index contributed by atoms with van der Waals surface area (Å²) in [4.78, 5) is 0.0202. The molecule has 2 aromatic carbocycles. The molecule has 6 heteroatoms. The Balaban J connectivity index is 2.16. The van der Waals surface area contributed by atoms with Crippen molar-refractivity contribution in [1.29, 1.82) is 5.26 Å². The number of fused-ring (bicyclic) bond motifs is 1. The molecule has 112 valence electrons. The number of hydrogen-bond donors (Lipinski definition) is 0. The molecule has 0 spiro atoms. The standard InChI is InChI=1S/C16H14N2O3S/c1-12-6-7-15-14(10-12)18(8-9-21-15)22(19,20)16-5-3-2-4-13(16)11-17/h2-7,10H,8-9H2,1H3. The van der Waals surface area contributed by atoms with Crippen LogP contribution in [0, 0.1) is 18.3 Å². The first kappa shape index (κ1) is 14.4.